The second-order valence-corrected chi connectivity index (χ2v) is 2.81. The lowest BCUT2D eigenvalue weighted by atomic mass is 10.2. The Labute approximate surface area is 70.0 Å². The standard InChI is InChI=1S/C7H8ClNS/c1-5-6(4-8)2-3-7(10)9-5/h2-3H,4H2,1H3,(H,9,10). The van der Waals surface area contributed by atoms with Crippen molar-refractivity contribution in [3.8, 4) is 0 Å². The number of rotatable bonds is 1. The van der Waals surface area contributed by atoms with E-state index < -0.39 is 0 Å². The summed E-state index contributed by atoms with van der Waals surface area (Å²) >= 11 is 10.5. The summed E-state index contributed by atoms with van der Waals surface area (Å²) in [5, 5.41) is 0. The molecule has 0 atom stereocenters. The number of aryl methyl sites for hydroxylation is 1. The van der Waals surface area contributed by atoms with Crippen LogP contribution in [0.4, 0.5) is 0 Å². The summed E-state index contributed by atoms with van der Waals surface area (Å²) in [5.41, 5.74) is 2.16. The molecular formula is C7H8ClNS. The van der Waals surface area contributed by atoms with Crippen molar-refractivity contribution in [2.45, 2.75) is 12.8 Å². The van der Waals surface area contributed by atoms with Crippen LogP contribution in [0.25, 0.3) is 0 Å². The summed E-state index contributed by atoms with van der Waals surface area (Å²) < 4.78 is 0.756. The first kappa shape index (κ1) is 7.76. The largest absolute Gasteiger partial charge is 0.350 e. The van der Waals surface area contributed by atoms with Gasteiger partial charge in [0.05, 0.1) is 0 Å². The van der Waals surface area contributed by atoms with E-state index in [4.69, 9.17) is 23.8 Å². The van der Waals surface area contributed by atoms with E-state index in [9.17, 15) is 0 Å². The second kappa shape index (κ2) is 3.17. The number of aromatic nitrogens is 1. The Morgan fingerprint density at radius 3 is 2.80 bits per heavy atom. The van der Waals surface area contributed by atoms with E-state index in [1.54, 1.807) is 0 Å². The van der Waals surface area contributed by atoms with Crippen molar-refractivity contribution in [3.05, 3.63) is 28.0 Å². The van der Waals surface area contributed by atoms with Gasteiger partial charge in [0, 0.05) is 11.6 Å². The molecule has 0 aromatic carbocycles. The van der Waals surface area contributed by atoms with Crippen LogP contribution in [-0.2, 0) is 5.88 Å². The predicted octanol–water partition coefficient (Wildman–Crippen LogP) is 2.79. The highest BCUT2D eigenvalue weighted by molar-refractivity contribution is 7.71. The monoisotopic (exact) mass is 173 g/mol. The van der Waals surface area contributed by atoms with Crippen molar-refractivity contribution in [1.29, 1.82) is 0 Å². The average Bonchev–Trinajstić information content (AvgIpc) is 1.88. The van der Waals surface area contributed by atoms with Crippen molar-refractivity contribution >= 4 is 23.8 Å². The summed E-state index contributed by atoms with van der Waals surface area (Å²) in [4.78, 5) is 3.02. The molecule has 0 bridgehead atoms. The fraction of sp³-hybridized carbons (Fsp3) is 0.286. The number of nitrogens with one attached hydrogen (secondary N) is 1. The average molecular weight is 174 g/mol. The van der Waals surface area contributed by atoms with Gasteiger partial charge in [-0.1, -0.05) is 18.3 Å². The zero-order valence-corrected chi connectivity index (χ0v) is 7.22. The van der Waals surface area contributed by atoms with Gasteiger partial charge >= 0.3 is 0 Å². The summed E-state index contributed by atoms with van der Waals surface area (Å²) in [7, 11) is 0. The van der Waals surface area contributed by atoms with Crippen LogP contribution in [0.5, 0.6) is 0 Å². The molecule has 1 N–H and O–H groups in total. The molecule has 54 valence electrons. The van der Waals surface area contributed by atoms with Gasteiger partial charge in [-0.2, -0.15) is 0 Å². The Bertz CT molecular complexity index is 279. The molecule has 0 aliphatic heterocycles. The number of pyridine rings is 1. The van der Waals surface area contributed by atoms with E-state index in [1.807, 2.05) is 19.1 Å². The Morgan fingerprint density at radius 1 is 1.60 bits per heavy atom. The van der Waals surface area contributed by atoms with Crippen LogP contribution in [0.15, 0.2) is 12.1 Å². The molecule has 3 heteroatoms. The first-order chi connectivity index (χ1) is 4.74. The number of alkyl halides is 1. The topological polar surface area (TPSA) is 15.8 Å². The van der Waals surface area contributed by atoms with Crippen molar-refractivity contribution in [3.63, 3.8) is 0 Å². The number of H-pyrrole nitrogens is 1. The van der Waals surface area contributed by atoms with Gasteiger partial charge in [-0.3, -0.25) is 0 Å². The minimum Gasteiger partial charge on any atom is -0.350 e. The molecule has 0 aliphatic rings. The third kappa shape index (κ3) is 1.58. The molecule has 0 radical (unpaired) electrons. The molecule has 1 heterocycles. The van der Waals surface area contributed by atoms with Gasteiger partial charge in [0.2, 0.25) is 0 Å². The first-order valence-electron chi connectivity index (χ1n) is 2.99. The van der Waals surface area contributed by atoms with Gasteiger partial charge in [-0.15, -0.1) is 11.6 Å². The van der Waals surface area contributed by atoms with Gasteiger partial charge in [0.15, 0.2) is 0 Å². The van der Waals surface area contributed by atoms with E-state index in [2.05, 4.69) is 4.98 Å². The minimum atomic E-state index is 0.540. The van der Waals surface area contributed by atoms with Crippen molar-refractivity contribution in [1.82, 2.24) is 4.98 Å². The van der Waals surface area contributed by atoms with Crippen molar-refractivity contribution < 1.29 is 0 Å². The summed E-state index contributed by atoms with van der Waals surface area (Å²) in [6.45, 7) is 1.97. The van der Waals surface area contributed by atoms with Gasteiger partial charge in [0.1, 0.15) is 4.64 Å². The SMILES string of the molecule is Cc1[nH]c(=S)ccc1CCl. The summed E-state index contributed by atoms with van der Waals surface area (Å²) in [6, 6.07) is 3.79. The number of halogens is 1. The molecule has 0 fully saturated rings. The molecule has 1 aromatic heterocycles. The zero-order chi connectivity index (χ0) is 7.56. The lowest BCUT2D eigenvalue weighted by Crippen LogP contribution is -1.88. The molecule has 1 nitrogen and oxygen atoms in total. The van der Waals surface area contributed by atoms with Crippen molar-refractivity contribution in [2.75, 3.05) is 0 Å². The molecular weight excluding hydrogens is 166 g/mol. The summed E-state index contributed by atoms with van der Waals surface area (Å²) in [6.07, 6.45) is 0. The maximum atomic E-state index is 5.63. The molecule has 1 aromatic rings. The van der Waals surface area contributed by atoms with Crippen LogP contribution < -0.4 is 0 Å². The highest BCUT2D eigenvalue weighted by Crippen LogP contribution is 2.06. The Hall–Kier alpha value is -0.340. The fourth-order valence-electron chi connectivity index (χ4n) is 0.753. The Morgan fingerprint density at radius 2 is 2.30 bits per heavy atom. The van der Waals surface area contributed by atoms with E-state index in [1.165, 1.54) is 0 Å². The van der Waals surface area contributed by atoms with Crippen LogP contribution in [0.2, 0.25) is 0 Å². The van der Waals surface area contributed by atoms with E-state index >= 15 is 0 Å². The highest BCUT2D eigenvalue weighted by Gasteiger charge is 1.93. The summed E-state index contributed by atoms with van der Waals surface area (Å²) in [5.74, 6) is 0.540. The predicted molar refractivity (Wildman–Crippen MR) is 45.9 cm³/mol. The molecule has 0 amide bonds. The number of aromatic amines is 1. The second-order valence-electron chi connectivity index (χ2n) is 2.11. The van der Waals surface area contributed by atoms with E-state index in [-0.39, 0.29) is 0 Å². The fourth-order valence-corrected chi connectivity index (χ4v) is 1.26. The number of hydrogen-bond donors (Lipinski definition) is 1. The third-order valence-corrected chi connectivity index (χ3v) is 1.90. The van der Waals surface area contributed by atoms with E-state index in [0.29, 0.717) is 5.88 Å². The van der Waals surface area contributed by atoms with Gasteiger partial charge in [-0.05, 0) is 18.6 Å². The van der Waals surface area contributed by atoms with E-state index in [0.717, 1.165) is 15.9 Å². The minimum absolute atomic E-state index is 0.540. The third-order valence-electron chi connectivity index (χ3n) is 1.37. The number of hydrogen-bond acceptors (Lipinski definition) is 1. The molecule has 0 saturated carbocycles. The van der Waals surface area contributed by atoms with Crippen LogP contribution in [0.3, 0.4) is 0 Å². The maximum Gasteiger partial charge on any atom is 0.103 e. The van der Waals surface area contributed by atoms with Crippen LogP contribution >= 0.6 is 23.8 Å². The molecule has 1 rings (SSSR count). The normalized spacial score (nSPS) is 9.80. The van der Waals surface area contributed by atoms with Gasteiger partial charge < -0.3 is 4.98 Å². The molecule has 10 heavy (non-hydrogen) atoms. The Kier molecular flexibility index (Phi) is 2.46. The smallest absolute Gasteiger partial charge is 0.103 e. The van der Waals surface area contributed by atoms with Crippen LogP contribution in [0.1, 0.15) is 11.3 Å². The molecule has 0 aliphatic carbocycles. The van der Waals surface area contributed by atoms with Gasteiger partial charge in [-0.25, -0.2) is 0 Å². The molecule has 0 saturated heterocycles. The lowest BCUT2D eigenvalue weighted by Gasteiger charge is -1.98. The lowest BCUT2D eigenvalue weighted by molar-refractivity contribution is 1.12. The molecule has 0 unspecified atom stereocenters. The van der Waals surface area contributed by atoms with Gasteiger partial charge in [0.25, 0.3) is 0 Å². The van der Waals surface area contributed by atoms with Crippen molar-refractivity contribution in [2.24, 2.45) is 0 Å². The van der Waals surface area contributed by atoms with Crippen LogP contribution in [0, 0.1) is 11.6 Å². The highest BCUT2D eigenvalue weighted by atomic mass is 35.5. The Balaban J connectivity index is 3.19. The first-order valence-corrected chi connectivity index (χ1v) is 3.93. The van der Waals surface area contributed by atoms with Crippen LogP contribution in [-0.4, -0.2) is 4.98 Å². The maximum absolute atomic E-state index is 5.63. The zero-order valence-electron chi connectivity index (χ0n) is 5.65. The molecule has 0 spiro atoms. The quantitative estimate of drug-likeness (QED) is 0.510.